The van der Waals surface area contributed by atoms with Crippen LogP contribution in [0.2, 0.25) is 0 Å². The van der Waals surface area contributed by atoms with E-state index in [0.717, 1.165) is 5.01 Å². The molecule has 0 aliphatic carbocycles. The molecule has 1 atom stereocenters. The quantitative estimate of drug-likeness (QED) is 0.870. The first kappa shape index (κ1) is 14.6. The average Bonchev–Trinajstić information content (AvgIpc) is 2.63. The van der Waals surface area contributed by atoms with E-state index in [0.29, 0.717) is 5.69 Å². The zero-order valence-corrected chi connectivity index (χ0v) is 11.8. The molecule has 1 aromatic rings. The maximum absolute atomic E-state index is 11.0. The minimum Gasteiger partial charge on any atom is -0.480 e. The minimum atomic E-state index is -1.05. The molecular weight excluding hydrogens is 252 g/mol. The number of thiazole rings is 1. The molecule has 2 N–H and O–H groups in total. The molecule has 0 aliphatic heterocycles. The van der Waals surface area contributed by atoms with E-state index >= 15 is 0 Å². The summed E-state index contributed by atoms with van der Waals surface area (Å²) in [6, 6.07) is -0.919. The van der Waals surface area contributed by atoms with E-state index in [9.17, 15) is 9.59 Å². The SMILES string of the molecule is CC(=O)NC(Cc1csc(C(C)(C)C)n1)C(=O)O. The van der Waals surface area contributed by atoms with Crippen molar-refractivity contribution in [3.63, 3.8) is 0 Å². The Labute approximate surface area is 110 Å². The van der Waals surface area contributed by atoms with Crippen molar-refractivity contribution in [2.24, 2.45) is 0 Å². The summed E-state index contributed by atoms with van der Waals surface area (Å²) >= 11 is 1.51. The third kappa shape index (κ3) is 4.10. The van der Waals surface area contributed by atoms with Gasteiger partial charge in [0.05, 0.1) is 10.7 Å². The molecular formula is C12H18N2O3S. The molecule has 1 amide bonds. The number of aliphatic carboxylic acids is 1. The molecule has 1 rings (SSSR count). The Morgan fingerprint density at radius 2 is 2.11 bits per heavy atom. The summed E-state index contributed by atoms with van der Waals surface area (Å²) < 4.78 is 0. The number of nitrogens with one attached hydrogen (secondary N) is 1. The molecule has 1 heterocycles. The number of aromatic nitrogens is 1. The standard InChI is InChI=1S/C12H18N2O3S/c1-7(15)13-9(10(16)17)5-8-6-18-11(14-8)12(2,3)4/h6,9H,5H2,1-4H3,(H,13,15)(H,16,17). The fourth-order valence-corrected chi connectivity index (χ4v) is 2.32. The van der Waals surface area contributed by atoms with Gasteiger partial charge >= 0.3 is 5.97 Å². The molecule has 5 nitrogen and oxygen atoms in total. The van der Waals surface area contributed by atoms with Gasteiger partial charge in [-0.05, 0) is 0 Å². The van der Waals surface area contributed by atoms with Gasteiger partial charge in [0.1, 0.15) is 6.04 Å². The first-order valence-corrected chi connectivity index (χ1v) is 6.53. The molecule has 0 saturated carbocycles. The van der Waals surface area contributed by atoms with Crippen LogP contribution in [0.4, 0.5) is 0 Å². The lowest BCUT2D eigenvalue weighted by Gasteiger charge is -2.14. The number of carboxylic acid groups (broad SMARTS) is 1. The zero-order chi connectivity index (χ0) is 13.9. The van der Waals surface area contributed by atoms with Gasteiger partial charge in [0.2, 0.25) is 5.91 Å². The van der Waals surface area contributed by atoms with Crippen LogP contribution >= 0.6 is 11.3 Å². The van der Waals surface area contributed by atoms with E-state index in [1.807, 2.05) is 5.38 Å². The highest BCUT2D eigenvalue weighted by atomic mass is 32.1. The molecule has 6 heteroatoms. The summed E-state index contributed by atoms with van der Waals surface area (Å²) in [5, 5.41) is 14.2. The van der Waals surface area contributed by atoms with Crippen LogP contribution in [0.3, 0.4) is 0 Å². The second-order valence-electron chi connectivity index (χ2n) is 5.19. The van der Waals surface area contributed by atoms with Crippen molar-refractivity contribution in [2.45, 2.75) is 45.6 Å². The van der Waals surface area contributed by atoms with Crippen molar-refractivity contribution < 1.29 is 14.7 Å². The Morgan fingerprint density at radius 1 is 1.50 bits per heavy atom. The van der Waals surface area contributed by atoms with E-state index < -0.39 is 12.0 Å². The topological polar surface area (TPSA) is 79.3 Å². The Morgan fingerprint density at radius 3 is 2.50 bits per heavy atom. The zero-order valence-electron chi connectivity index (χ0n) is 11.0. The van der Waals surface area contributed by atoms with Crippen molar-refractivity contribution in [3.05, 3.63) is 16.1 Å². The summed E-state index contributed by atoms with van der Waals surface area (Å²) in [5.74, 6) is -1.40. The van der Waals surface area contributed by atoms with Crippen LogP contribution in [0, 0.1) is 0 Å². The van der Waals surface area contributed by atoms with Crippen molar-refractivity contribution in [1.82, 2.24) is 10.3 Å². The second kappa shape index (κ2) is 5.48. The first-order chi connectivity index (χ1) is 8.20. The Bertz CT molecular complexity index is 448. The third-order valence-corrected chi connectivity index (χ3v) is 3.60. The van der Waals surface area contributed by atoms with Crippen LogP contribution in [0.25, 0.3) is 0 Å². The molecule has 0 fully saturated rings. The number of carboxylic acids is 1. The fourth-order valence-electron chi connectivity index (χ4n) is 1.40. The van der Waals surface area contributed by atoms with Gasteiger partial charge in [-0.25, -0.2) is 9.78 Å². The number of hydrogen-bond donors (Lipinski definition) is 2. The maximum atomic E-state index is 11.0. The Hall–Kier alpha value is -1.43. The van der Waals surface area contributed by atoms with Gasteiger partial charge in [0.25, 0.3) is 0 Å². The highest BCUT2D eigenvalue weighted by molar-refractivity contribution is 7.09. The molecule has 1 unspecified atom stereocenters. The number of hydrogen-bond acceptors (Lipinski definition) is 4. The van der Waals surface area contributed by atoms with Crippen LogP contribution in [-0.4, -0.2) is 28.0 Å². The minimum absolute atomic E-state index is 0.0460. The summed E-state index contributed by atoms with van der Waals surface area (Å²) in [6.07, 6.45) is 0.210. The summed E-state index contributed by atoms with van der Waals surface area (Å²) in [4.78, 5) is 26.3. The van der Waals surface area contributed by atoms with Crippen molar-refractivity contribution in [3.8, 4) is 0 Å². The van der Waals surface area contributed by atoms with E-state index in [-0.39, 0.29) is 17.7 Å². The number of carbonyl (C=O) groups is 2. The molecule has 0 aromatic carbocycles. The normalized spacial score (nSPS) is 13.1. The molecule has 1 aromatic heterocycles. The van der Waals surface area contributed by atoms with Crippen LogP contribution < -0.4 is 5.32 Å². The predicted molar refractivity (Wildman–Crippen MR) is 69.8 cm³/mol. The lowest BCUT2D eigenvalue weighted by atomic mass is 9.98. The molecule has 0 spiro atoms. The highest BCUT2D eigenvalue weighted by Gasteiger charge is 2.22. The molecule has 0 aliphatic rings. The smallest absolute Gasteiger partial charge is 0.326 e. The number of carbonyl (C=O) groups excluding carboxylic acids is 1. The van der Waals surface area contributed by atoms with Gasteiger partial charge in [-0.15, -0.1) is 11.3 Å². The van der Waals surface area contributed by atoms with Crippen molar-refractivity contribution >= 4 is 23.2 Å². The maximum Gasteiger partial charge on any atom is 0.326 e. The van der Waals surface area contributed by atoms with Gasteiger partial charge in [-0.1, -0.05) is 20.8 Å². The van der Waals surface area contributed by atoms with E-state index in [4.69, 9.17) is 5.11 Å². The Kier molecular flexibility index (Phi) is 4.45. The lowest BCUT2D eigenvalue weighted by Crippen LogP contribution is -2.41. The first-order valence-electron chi connectivity index (χ1n) is 5.65. The third-order valence-electron chi connectivity index (χ3n) is 2.28. The average molecular weight is 270 g/mol. The van der Waals surface area contributed by atoms with Crippen LogP contribution in [0.1, 0.15) is 38.4 Å². The fraction of sp³-hybridized carbons (Fsp3) is 0.583. The molecule has 0 radical (unpaired) electrons. The second-order valence-corrected chi connectivity index (χ2v) is 6.05. The molecule has 100 valence electrons. The number of rotatable bonds is 4. The monoisotopic (exact) mass is 270 g/mol. The van der Waals surface area contributed by atoms with Crippen LogP contribution in [0.5, 0.6) is 0 Å². The van der Waals surface area contributed by atoms with Gasteiger partial charge in [0, 0.05) is 24.1 Å². The van der Waals surface area contributed by atoms with Gasteiger partial charge < -0.3 is 10.4 Å². The summed E-state index contributed by atoms with van der Waals surface area (Å²) in [6.45, 7) is 7.46. The van der Waals surface area contributed by atoms with Gasteiger partial charge in [-0.2, -0.15) is 0 Å². The number of nitrogens with zero attached hydrogens (tertiary/aromatic N) is 1. The van der Waals surface area contributed by atoms with Gasteiger partial charge in [-0.3, -0.25) is 4.79 Å². The van der Waals surface area contributed by atoms with E-state index in [1.54, 1.807) is 0 Å². The van der Waals surface area contributed by atoms with Crippen molar-refractivity contribution in [1.29, 1.82) is 0 Å². The molecule has 0 bridgehead atoms. The largest absolute Gasteiger partial charge is 0.480 e. The number of amides is 1. The predicted octanol–water partition coefficient (Wildman–Crippen LogP) is 1.57. The Balaban J connectivity index is 2.79. The lowest BCUT2D eigenvalue weighted by molar-refractivity contribution is -0.141. The van der Waals surface area contributed by atoms with E-state index in [2.05, 4.69) is 31.1 Å². The van der Waals surface area contributed by atoms with E-state index in [1.165, 1.54) is 18.3 Å². The van der Waals surface area contributed by atoms with Crippen molar-refractivity contribution in [2.75, 3.05) is 0 Å². The highest BCUT2D eigenvalue weighted by Crippen LogP contribution is 2.25. The molecule has 18 heavy (non-hydrogen) atoms. The van der Waals surface area contributed by atoms with Crippen LogP contribution in [0.15, 0.2) is 5.38 Å². The summed E-state index contributed by atoms with van der Waals surface area (Å²) in [5.41, 5.74) is 0.654. The van der Waals surface area contributed by atoms with Crippen LogP contribution in [-0.2, 0) is 21.4 Å². The van der Waals surface area contributed by atoms with Gasteiger partial charge in [0.15, 0.2) is 0 Å². The summed E-state index contributed by atoms with van der Waals surface area (Å²) in [7, 11) is 0. The molecule has 0 saturated heterocycles.